The van der Waals surface area contributed by atoms with E-state index < -0.39 is 5.97 Å². The van der Waals surface area contributed by atoms with Gasteiger partial charge in [-0.05, 0) is 25.3 Å². The van der Waals surface area contributed by atoms with E-state index >= 15 is 0 Å². The van der Waals surface area contributed by atoms with Gasteiger partial charge < -0.3 is 10.4 Å². The molecule has 1 heterocycles. The molecule has 0 aliphatic carbocycles. The van der Waals surface area contributed by atoms with Crippen LogP contribution in [0.4, 0.5) is 0 Å². The first-order chi connectivity index (χ1) is 7.63. The maximum Gasteiger partial charge on any atom is 0.354 e. The van der Waals surface area contributed by atoms with Crippen molar-refractivity contribution in [1.29, 1.82) is 0 Å². The third-order valence-corrected chi connectivity index (χ3v) is 2.91. The summed E-state index contributed by atoms with van der Waals surface area (Å²) in [6.45, 7) is 2.69. The molecule has 0 saturated carbocycles. The fourth-order valence-electron chi connectivity index (χ4n) is 1.28. The number of pyridine rings is 1. The monoisotopic (exact) mass is 240 g/mol. The quantitative estimate of drug-likeness (QED) is 0.791. The lowest BCUT2D eigenvalue weighted by atomic mass is 10.3. The number of rotatable bonds is 6. The highest BCUT2D eigenvalue weighted by Crippen LogP contribution is 2.01. The molecule has 0 fully saturated rings. The van der Waals surface area contributed by atoms with E-state index in [1.54, 1.807) is 17.8 Å². The molecule has 1 atom stereocenters. The Morgan fingerprint density at radius 3 is 3.00 bits per heavy atom. The van der Waals surface area contributed by atoms with Gasteiger partial charge in [-0.25, -0.2) is 9.78 Å². The number of carboxylic acid groups (broad SMARTS) is 1. The van der Waals surface area contributed by atoms with Crippen molar-refractivity contribution < 1.29 is 9.90 Å². The summed E-state index contributed by atoms with van der Waals surface area (Å²) in [6, 6.07) is 5.43. The largest absolute Gasteiger partial charge is 0.477 e. The predicted molar refractivity (Wildman–Crippen MR) is 65.9 cm³/mol. The van der Waals surface area contributed by atoms with Crippen LogP contribution in [0.2, 0.25) is 0 Å². The van der Waals surface area contributed by atoms with Gasteiger partial charge in [0.2, 0.25) is 0 Å². The van der Waals surface area contributed by atoms with Crippen molar-refractivity contribution in [3.8, 4) is 0 Å². The summed E-state index contributed by atoms with van der Waals surface area (Å²) < 4.78 is 0. The Morgan fingerprint density at radius 2 is 2.38 bits per heavy atom. The van der Waals surface area contributed by atoms with Crippen LogP contribution in [0, 0.1) is 0 Å². The lowest BCUT2D eigenvalue weighted by molar-refractivity contribution is 0.0690. The molecule has 0 spiro atoms. The van der Waals surface area contributed by atoms with E-state index in [4.69, 9.17) is 5.11 Å². The second-order valence-electron chi connectivity index (χ2n) is 3.56. The zero-order chi connectivity index (χ0) is 12.0. The van der Waals surface area contributed by atoms with Crippen molar-refractivity contribution in [1.82, 2.24) is 10.3 Å². The zero-order valence-electron chi connectivity index (χ0n) is 9.43. The number of nitrogens with one attached hydrogen (secondary N) is 1. The van der Waals surface area contributed by atoms with Gasteiger partial charge in [-0.2, -0.15) is 11.8 Å². The minimum atomic E-state index is -0.987. The van der Waals surface area contributed by atoms with Crippen molar-refractivity contribution in [3.63, 3.8) is 0 Å². The van der Waals surface area contributed by atoms with E-state index in [1.807, 2.05) is 6.07 Å². The first kappa shape index (κ1) is 13.0. The Labute approximate surface area is 99.5 Å². The number of hydrogen-bond donors (Lipinski definition) is 2. The Hall–Kier alpha value is -1.07. The fourth-order valence-corrected chi connectivity index (χ4v) is 1.90. The second kappa shape index (κ2) is 6.50. The molecule has 1 unspecified atom stereocenters. The van der Waals surface area contributed by atoms with E-state index in [0.29, 0.717) is 12.6 Å². The average Bonchev–Trinajstić information content (AvgIpc) is 2.27. The molecule has 1 aromatic rings. The number of thioether (sulfide) groups is 1. The zero-order valence-corrected chi connectivity index (χ0v) is 10.3. The summed E-state index contributed by atoms with van der Waals surface area (Å²) >= 11 is 1.78. The van der Waals surface area contributed by atoms with Crippen LogP contribution in [0.1, 0.15) is 23.1 Å². The Kier molecular flexibility index (Phi) is 5.28. The van der Waals surface area contributed by atoms with Gasteiger partial charge in [-0.15, -0.1) is 0 Å². The average molecular weight is 240 g/mol. The van der Waals surface area contributed by atoms with E-state index in [-0.39, 0.29) is 5.69 Å². The second-order valence-corrected chi connectivity index (χ2v) is 4.47. The first-order valence-electron chi connectivity index (χ1n) is 5.05. The molecule has 88 valence electrons. The summed E-state index contributed by atoms with van der Waals surface area (Å²) in [5.74, 6) is 0.0394. The highest BCUT2D eigenvalue weighted by molar-refractivity contribution is 7.98. The molecule has 0 amide bonds. The van der Waals surface area contributed by atoms with E-state index in [0.717, 1.165) is 11.4 Å². The van der Waals surface area contributed by atoms with Gasteiger partial charge in [-0.3, -0.25) is 0 Å². The van der Waals surface area contributed by atoms with E-state index in [9.17, 15) is 4.79 Å². The molecule has 0 aliphatic rings. The number of aromatic nitrogens is 1. The van der Waals surface area contributed by atoms with Crippen LogP contribution in [0.5, 0.6) is 0 Å². The minimum Gasteiger partial charge on any atom is -0.477 e. The molecule has 0 aliphatic heterocycles. The highest BCUT2D eigenvalue weighted by atomic mass is 32.2. The number of nitrogens with zero attached hydrogens (tertiary/aromatic N) is 1. The topological polar surface area (TPSA) is 62.2 Å². The Bertz CT molecular complexity index is 358. The van der Waals surface area contributed by atoms with E-state index in [2.05, 4.69) is 23.5 Å². The number of carbonyl (C=O) groups is 1. The van der Waals surface area contributed by atoms with Crippen LogP contribution in [0.25, 0.3) is 0 Å². The molecule has 1 rings (SSSR count). The molecule has 0 radical (unpaired) electrons. The summed E-state index contributed by atoms with van der Waals surface area (Å²) in [7, 11) is 0. The molecule has 4 nitrogen and oxygen atoms in total. The summed E-state index contributed by atoms with van der Waals surface area (Å²) in [4.78, 5) is 14.7. The van der Waals surface area contributed by atoms with Gasteiger partial charge in [0.05, 0.1) is 5.69 Å². The van der Waals surface area contributed by atoms with Crippen LogP contribution in [-0.4, -0.2) is 34.1 Å². The predicted octanol–water partition coefficient (Wildman–Crippen LogP) is 1.62. The molecule has 16 heavy (non-hydrogen) atoms. The summed E-state index contributed by atoms with van der Waals surface area (Å²) in [5.41, 5.74) is 0.852. The van der Waals surface area contributed by atoms with E-state index in [1.165, 1.54) is 6.07 Å². The van der Waals surface area contributed by atoms with Crippen molar-refractivity contribution in [2.75, 3.05) is 12.0 Å². The van der Waals surface area contributed by atoms with Gasteiger partial charge in [0.1, 0.15) is 5.69 Å². The summed E-state index contributed by atoms with van der Waals surface area (Å²) in [6.07, 6.45) is 2.06. The van der Waals surface area contributed by atoms with Crippen LogP contribution in [-0.2, 0) is 6.54 Å². The standard InChI is InChI=1S/C11H16N2O2S/c1-8(7-16-2)12-6-9-4-3-5-10(13-9)11(14)15/h3-5,8,12H,6-7H2,1-2H3,(H,14,15). The molecule has 1 aromatic heterocycles. The smallest absolute Gasteiger partial charge is 0.354 e. The van der Waals surface area contributed by atoms with Gasteiger partial charge in [-0.1, -0.05) is 6.07 Å². The maximum absolute atomic E-state index is 10.7. The first-order valence-corrected chi connectivity index (χ1v) is 6.44. The lowest BCUT2D eigenvalue weighted by Gasteiger charge is -2.11. The maximum atomic E-state index is 10.7. The van der Waals surface area contributed by atoms with Gasteiger partial charge in [0.15, 0.2) is 0 Å². The Morgan fingerprint density at radius 1 is 1.62 bits per heavy atom. The Balaban J connectivity index is 2.54. The molecular weight excluding hydrogens is 224 g/mol. The third kappa shape index (κ3) is 4.20. The number of hydrogen-bond acceptors (Lipinski definition) is 4. The minimum absolute atomic E-state index is 0.0943. The van der Waals surface area contributed by atoms with Crippen molar-refractivity contribution in [3.05, 3.63) is 29.6 Å². The van der Waals surface area contributed by atoms with Crippen LogP contribution in [0.3, 0.4) is 0 Å². The molecule has 0 aromatic carbocycles. The van der Waals surface area contributed by atoms with Gasteiger partial charge >= 0.3 is 5.97 Å². The molecule has 0 bridgehead atoms. The SMILES string of the molecule is CSCC(C)NCc1cccc(C(=O)O)n1. The third-order valence-electron chi connectivity index (χ3n) is 2.07. The summed E-state index contributed by atoms with van der Waals surface area (Å²) in [5, 5.41) is 12.1. The molecule has 0 saturated heterocycles. The fraction of sp³-hybridized carbons (Fsp3) is 0.455. The number of carboxylic acids is 1. The lowest BCUT2D eigenvalue weighted by Crippen LogP contribution is -2.28. The van der Waals surface area contributed by atoms with Crippen molar-refractivity contribution in [2.24, 2.45) is 0 Å². The van der Waals surface area contributed by atoms with Crippen LogP contribution < -0.4 is 5.32 Å². The molecule has 5 heteroatoms. The van der Waals surface area contributed by atoms with Crippen molar-refractivity contribution in [2.45, 2.75) is 19.5 Å². The van der Waals surface area contributed by atoms with Crippen LogP contribution >= 0.6 is 11.8 Å². The van der Waals surface area contributed by atoms with Crippen molar-refractivity contribution >= 4 is 17.7 Å². The van der Waals surface area contributed by atoms with Gasteiger partial charge in [0.25, 0.3) is 0 Å². The van der Waals surface area contributed by atoms with Gasteiger partial charge in [0, 0.05) is 18.3 Å². The molecule has 2 N–H and O–H groups in total. The van der Waals surface area contributed by atoms with Crippen LogP contribution in [0.15, 0.2) is 18.2 Å². The highest BCUT2D eigenvalue weighted by Gasteiger charge is 2.06. The number of aromatic carboxylic acids is 1. The normalized spacial score (nSPS) is 12.4. The molecular formula is C11H16N2O2S.